The number of hydrogen-bond donors (Lipinski definition) is 0. The maximum absolute atomic E-state index is 2.28. The van der Waals surface area contributed by atoms with Gasteiger partial charge >= 0.3 is 0 Å². The molecule has 0 saturated carbocycles. The van der Waals surface area contributed by atoms with Gasteiger partial charge in [-0.3, -0.25) is 0 Å². The Labute approximate surface area is 86.0 Å². The third-order valence-electron chi connectivity index (χ3n) is 2.52. The Morgan fingerprint density at radius 2 is 1.36 bits per heavy atom. The summed E-state index contributed by atoms with van der Waals surface area (Å²) >= 11 is 0. The van der Waals surface area contributed by atoms with Crippen LogP contribution in [-0.4, -0.2) is 0 Å². The lowest BCUT2D eigenvalue weighted by Gasteiger charge is -1.95. The zero-order valence-electron chi connectivity index (χ0n) is 8.45. The van der Waals surface area contributed by atoms with Gasteiger partial charge in [0.1, 0.15) is 0 Å². The molecule has 2 rings (SSSR count). The van der Waals surface area contributed by atoms with Gasteiger partial charge < -0.3 is 0 Å². The fourth-order valence-electron chi connectivity index (χ4n) is 1.73. The van der Waals surface area contributed by atoms with Gasteiger partial charge in [0.15, 0.2) is 0 Å². The molecule has 0 amide bonds. The van der Waals surface area contributed by atoms with Gasteiger partial charge in [-0.2, -0.15) is 0 Å². The molecule has 1 aliphatic rings. The van der Waals surface area contributed by atoms with E-state index in [-0.39, 0.29) is 0 Å². The van der Waals surface area contributed by atoms with Gasteiger partial charge in [-0.05, 0) is 42.9 Å². The highest BCUT2D eigenvalue weighted by molar-refractivity contribution is 5.57. The molecule has 0 nitrogen and oxygen atoms in total. The van der Waals surface area contributed by atoms with Crippen molar-refractivity contribution in [2.45, 2.75) is 25.7 Å². The first kappa shape index (κ1) is 9.26. The van der Waals surface area contributed by atoms with E-state index >= 15 is 0 Å². The average molecular weight is 184 g/mol. The molecule has 2 bridgehead atoms. The van der Waals surface area contributed by atoms with Crippen LogP contribution in [-0.2, 0) is 0 Å². The van der Waals surface area contributed by atoms with Crippen LogP contribution >= 0.6 is 0 Å². The van der Waals surface area contributed by atoms with Crippen LogP contribution in [0, 0.1) is 0 Å². The van der Waals surface area contributed by atoms with E-state index in [9.17, 15) is 0 Å². The highest BCUT2D eigenvalue weighted by atomic mass is 14.0. The van der Waals surface area contributed by atoms with Gasteiger partial charge in [0, 0.05) is 0 Å². The Morgan fingerprint density at radius 1 is 0.786 bits per heavy atom. The first-order chi connectivity index (χ1) is 6.95. The molecule has 0 spiro atoms. The van der Waals surface area contributed by atoms with Crippen LogP contribution in [0.4, 0.5) is 0 Å². The summed E-state index contributed by atoms with van der Waals surface area (Å²) in [6.07, 6.45) is 14.0. The minimum Gasteiger partial charge on any atom is -0.0839 e. The monoisotopic (exact) mass is 184 g/mol. The topological polar surface area (TPSA) is 0 Å². The fourth-order valence-corrected chi connectivity index (χ4v) is 1.73. The predicted octanol–water partition coefficient (Wildman–Crippen LogP) is 4.29. The molecule has 72 valence electrons. The maximum Gasteiger partial charge on any atom is -0.0254 e. The first-order valence-electron chi connectivity index (χ1n) is 5.38. The Hall–Kier alpha value is -1.30. The van der Waals surface area contributed by atoms with E-state index in [0.717, 1.165) is 0 Å². The molecule has 1 aliphatic carbocycles. The molecule has 0 heterocycles. The Morgan fingerprint density at radius 3 is 1.93 bits per heavy atom. The van der Waals surface area contributed by atoms with Crippen molar-refractivity contribution in [1.82, 2.24) is 0 Å². The molecular formula is C14H16. The molecular weight excluding hydrogens is 168 g/mol. The summed E-state index contributed by atoms with van der Waals surface area (Å²) in [4.78, 5) is 0. The zero-order valence-corrected chi connectivity index (χ0v) is 8.45. The van der Waals surface area contributed by atoms with Gasteiger partial charge in [0.05, 0.1) is 0 Å². The number of hydrogen-bond acceptors (Lipinski definition) is 0. The predicted molar refractivity (Wildman–Crippen MR) is 63.0 cm³/mol. The lowest BCUT2D eigenvalue weighted by molar-refractivity contribution is 0.765. The molecule has 1 aromatic rings. The summed E-state index contributed by atoms with van der Waals surface area (Å²) in [6.45, 7) is 0. The van der Waals surface area contributed by atoms with E-state index in [1.165, 1.54) is 36.8 Å². The number of fused-ring (bicyclic) bond motifs is 2. The highest BCUT2D eigenvalue weighted by Crippen LogP contribution is 2.12. The van der Waals surface area contributed by atoms with Crippen molar-refractivity contribution in [3.05, 3.63) is 47.5 Å². The quantitative estimate of drug-likeness (QED) is 0.564. The van der Waals surface area contributed by atoms with Gasteiger partial charge in [0.25, 0.3) is 0 Å². The minimum absolute atomic E-state index is 1.21. The number of allylic oxidation sites excluding steroid dienone is 2. The molecule has 0 radical (unpaired) electrons. The van der Waals surface area contributed by atoms with Crippen molar-refractivity contribution in [3.8, 4) is 0 Å². The minimum atomic E-state index is 1.21. The molecule has 14 heavy (non-hydrogen) atoms. The van der Waals surface area contributed by atoms with E-state index in [4.69, 9.17) is 0 Å². The Bertz CT molecular complexity index is 314. The average Bonchev–Trinajstić information content (AvgIpc) is 2.25. The maximum atomic E-state index is 2.28. The second kappa shape index (κ2) is 4.80. The molecule has 0 N–H and O–H groups in total. The normalized spacial score (nSPS) is 20.9. The van der Waals surface area contributed by atoms with Crippen LogP contribution in [0.2, 0.25) is 0 Å². The van der Waals surface area contributed by atoms with Crippen molar-refractivity contribution in [3.63, 3.8) is 0 Å². The van der Waals surface area contributed by atoms with Crippen molar-refractivity contribution < 1.29 is 0 Å². The SMILES string of the molecule is C1=C\c2cccc(c2)/C=C/CCCC/1. The van der Waals surface area contributed by atoms with E-state index in [0.29, 0.717) is 0 Å². The first-order valence-corrected chi connectivity index (χ1v) is 5.38. The Kier molecular flexibility index (Phi) is 3.18. The summed E-state index contributed by atoms with van der Waals surface area (Å²) in [7, 11) is 0. The number of rotatable bonds is 0. The van der Waals surface area contributed by atoms with E-state index < -0.39 is 0 Å². The molecule has 1 aromatic carbocycles. The lowest BCUT2D eigenvalue weighted by Crippen LogP contribution is -1.74. The summed E-state index contributed by atoms with van der Waals surface area (Å²) < 4.78 is 0. The summed E-state index contributed by atoms with van der Waals surface area (Å²) in [6, 6.07) is 8.67. The molecule has 0 heteroatoms. The lowest BCUT2D eigenvalue weighted by atomic mass is 10.1. The second-order valence-corrected chi connectivity index (χ2v) is 3.76. The number of benzene rings is 1. The van der Waals surface area contributed by atoms with Crippen LogP contribution in [0.15, 0.2) is 36.4 Å². The standard InChI is InChI=1S/C14H16/c1-2-4-6-9-14-11-7-10-13(12-14)8-5-3-1/h5-12H,1-4H2/b8-5-,9-6+. The smallest absolute Gasteiger partial charge is 0.0254 e. The van der Waals surface area contributed by atoms with Gasteiger partial charge in [-0.15, -0.1) is 0 Å². The third-order valence-corrected chi connectivity index (χ3v) is 2.52. The largest absolute Gasteiger partial charge is 0.0839 e. The van der Waals surface area contributed by atoms with E-state index in [2.05, 4.69) is 48.6 Å². The zero-order chi connectivity index (χ0) is 9.64. The van der Waals surface area contributed by atoms with Crippen molar-refractivity contribution in [2.24, 2.45) is 0 Å². The second-order valence-electron chi connectivity index (χ2n) is 3.76. The molecule has 0 unspecified atom stereocenters. The van der Waals surface area contributed by atoms with Crippen molar-refractivity contribution >= 4 is 12.2 Å². The summed E-state index contributed by atoms with van der Waals surface area (Å²) in [5, 5.41) is 0. The fraction of sp³-hybridized carbons (Fsp3) is 0.286. The van der Waals surface area contributed by atoms with Crippen LogP contribution in [0.5, 0.6) is 0 Å². The molecule has 0 atom stereocenters. The molecule has 0 saturated heterocycles. The third kappa shape index (κ3) is 2.59. The van der Waals surface area contributed by atoms with Crippen LogP contribution in [0.3, 0.4) is 0 Å². The Balaban J connectivity index is 2.28. The van der Waals surface area contributed by atoms with Crippen LogP contribution in [0.25, 0.3) is 12.2 Å². The van der Waals surface area contributed by atoms with Gasteiger partial charge in [-0.1, -0.05) is 42.5 Å². The van der Waals surface area contributed by atoms with Crippen LogP contribution < -0.4 is 0 Å². The van der Waals surface area contributed by atoms with E-state index in [1.54, 1.807) is 0 Å². The van der Waals surface area contributed by atoms with Crippen molar-refractivity contribution in [2.75, 3.05) is 0 Å². The summed E-state index contributed by atoms with van der Waals surface area (Å²) in [5.74, 6) is 0. The van der Waals surface area contributed by atoms with Crippen molar-refractivity contribution in [1.29, 1.82) is 0 Å². The van der Waals surface area contributed by atoms with Gasteiger partial charge in [-0.25, -0.2) is 0 Å². The van der Waals surface area contributed by atoms with Crippen LogP contribution in [0.1, 0.15) is 36.8 Å². The molecule has 0 aliphatic heterocycles. The van der Waals surface area contributed by atoms with Gasteiger partial charge in [0.2, 0.25) is 0 Å². The van der Waals surface area contributed by atoms with E-state index in [1.807, 2.05) is 0 Å². The molecule has 0 fully saturated rings. The summed E-state index contributed by atoms with van der Waals surface area (Å²) in [5.41, 5.74) is 2.63. The molecule has 0 aromatic heterocycles. The highest BCUT2D eigenvalue weighted by Gasteiger charge is 1.91.